The van der Waals surface area contributed by atoms with Gasteiger partial charge in [-0.3, -0.25) is 0 Å². The second-order valence-electron chi connectivity index (χ2n) is 5.91. The fourth-order valence-electron chi connectivity index (χ4n) is 2.88. The van der Waals surface area contributed by atoms with Crippen LogP contribution in [-0.4, -0.2) is 23.6 Å². The van der Waals surface area contributed by atoms with Crippen molar-refractivity contribution in [2.45, 2.75) is 13.8 Å². The third kappa shape index (κ3) is 3.40. The van der Waals surface area contributed by atoms with E-state index >= 15 is 0 Å². The predicted octanol–water partition coefficient (Wildman–Crippen LogP) is 4.29. The molecule has 1 aromatic heterocycles. The molecule has 2 aromatic carbocycles. The van der Waals surface area contributed by atoms with E-state index in [1.165, 1.54) is 5.56 Å². The Balaban J connectivity index is 2.03. The van der Waals surface area contributed by atoms with E-state index in [0.717, 1.165) is 23.7 Å². The Morgan fingerprint density at radius 3 is 2.28 bits per heavy atom. The molecule has 0 fully saturated rings. The van der Waals surface area contributed by atoms with Gasteiger partial charge in [0, 0.05) is 25.0 Å². The summed E-state index contributed by atoms with van der Waals surface area (Å²) < 4.78 is 0. The van der Waals surface area contributed by atoms with Gasteiger partial charge in [-0.1, -0.05) is 30.3 Å². The lowest BCUT2D eigenvalue weighted by atomic mass is 10.2. The van der Waals surface area contributed by atoms with Crippen LogP contribution in [0.5, 0.6) is 0 Å². The highest BCUT2D eigenvalue weighted by atomic mass is 15.2. The Morgan fingerprint density at radius 2 is 1.60 bits per heavy atom. The molecule has 1 heterocycles. The van der Waals surface area contributed by atoms with E-state index in [-0.39, 0.29) is 0 Å². The molecule has 0 saturated heterocycles. The van der Waals surface area contributed by atoms with Crippen LogP contribution in [0.25, 0.3) is 0 Å². The van der Waals surface area contributed by atoms with Gasteiger partial charge in [0.15, 0.2) is 11.6 Å². The molecule has 0 radical (unpaired) electrons. The average molecular weight is 333 g/mol. The maximum absolute atomic E-state index is 6.47. The fourth-order valence-corrected chi connectivity index (χ4v) is 2.88. The van der Waals surface area contributed by atoms with E-state index in [1.54, 1.807) is 6.33 Å². The van der Waals surface area contributed by atoms with Crippen molar-refractivity contribution in [1.82, 2.24) is 9.97 Å². The first-order chi connectivity index (χ1) is 12.1. The second-order valence-corrected chi connectivity index (χ2v) is 5.91. The number of para-hydroxylation sites is 1. The van der Waals surface area contributed by atoms with Gasteiger partial charge in [0.25, 0.3) is 0 Å². The van der Waals surface area contributed by atoms with Gasteiger partial charge >= 0.3 is 0 Å². The van der Waals surface area contributed by atoms with Crippen molar-refractivity contribution < 1.29 is 0 Å². The lowest BCUT2D eigenvalue weighted by Crippen LogP contribution is -2.21. The van der Waals surface area contributed by atoms with Crippen molar-refractivity contribution in [3.63, 3.8) is 0 Å². The highest BCUT2D eigenvalue weighted by Crippen LogP contribution is 2.35. The number of aromatic nitrogens is 2. The van der Waals surface area contributed by atoms with Crippen LogP contribution in [0.1, 0.15) is 12.5 Å². The number of rotatable bonds is 5. The monoisotopic (exact) mass is 333 g/mol. The molecule has 128 valence electrons. The van der Waals surface area contributed by atoms with Gasteiger partial charge in [0.2, 0.25) is 0 Å². The normalized spacial score (nSPS) is 10.5. The Kier molecular flexibility index (Phi) is 4.84. The average Bonchev–Trinajstić information content (AvgIpc) is 2.64. The summed E-state index contributed by atoms with van der Waals surface area (Å²) in [5.74, 6) is 1.42. The maximum atomic E-state index is 6.47. The topological polar surface area (TPSA) is 58.3 Å². The lowest BCUT2D eigenvalue weighted by Gasteiger charge is -2.26. The van der Waals surface area contributed by atoms with Crippen LogP contribution in [0.2, 0.25) is 0 Å². The number of anilines is 5. The first kappa shape index (κ1) is 16.8. The molecule has 5 heteroatoms. The summed E-state index contributed by atoms with van der Waals surface area (Å²) in [5.41, 5.74) is 10.3. The minimum absolute atomic E-state index is 0.567. The lowest BCUT2D eigenvalue weighted by molar-refractivity contribution is 0.971. The van der Waals surface area contributed by atoms with Crippen LogP contribution in [0, 0.1) is 6.92 Å². The van der Waals surface area contributed by atoms with Crippen molar-refractivity contribution in [3.05, 3.63) is 66.5 Å². The van der Waals surface area contributed by atoms with Crippen molar-refractivity contribution >= 4 is 28.7 Å². The van der Waals surface area contributed by atoms with E-state index in [4.69, 9.17) is 5.73 Å². The SMILES string of the molecule is CCN(c1cccc(C)c1)c1ncnc(N(C)c2ccccc2)c1N. The Bertz CT molecular complexity index is 848. The first-order valence-corrected chi connectivity index (χ1v) is 8.35. The Morgan fingerprint density at radius 1 is 0.920 bits per heavy atom. The van der Waals surface area contributed by atoms with Gasteiger partial charge in [-0.05, 0) is 43.7 Å². The molecule has 0 spiro atoms. The summed E-state index contributed by atoms with van der Waals surface area (Å²) in [4.78, 5) is 12.9. The molecular formula is C20H23N5. The van der Waals surface area contributed by atoms with Crippen LogP contribution in [0.3, 0.4) is 0 Å². The molecule has 0 aliphatic heterocycles. The standard InChI is InChI=1S/C20H23N5/c1-4-25(17-12-8-9-15(2)13-17)20-18(21)19(22-14-23-20)24(3)16-10-6-5-7-11-16/h5-14H,4,21H2,1-3H3. The van der Waals surface area contributed by atoms with E-state index in [9.17, 15) is 0 Å². The third-order valence-electron chi connectivity index (χ3n) is 4.19. The summed E-state index contributed by atoms with van der Waals surface area (Å²) in [6, 6.07) is 18.4. The molecular weight excluding hydrogens is 310 g/mol. The van der Waals surface area contributed by atoms with Crippen LogP contribution >= 0.6 is 0 Å². The molecule has 3 aromatic rings. The largest absolute Gasteiger partial charge is 0.393 e. The number of nitrogen functional groups attached to an aromatic ring is 1. The van der Waals surface area contributed by atoms with E-state index < -0.39 is 0 Å². The molecule has 0 amide bonds. The molecule has 0 unspecified atom stereocenters. The number of aryl methyl sites for hydroxylation is 1. The number of nitrogens with two attached hydrogens (primary N) is 1. The van der Waals surface area contributed by atoms with Crippen LogP contribution < -0.4 is 15.5 Å². The van der Waals surface area contributed by atoms with Gasteiger partial charge < -0.3 is 15.5 Å². The quantitative estimate of drug-likeness (QED) is 0.754. The summed E-state index contributed by atoms with van der Waals surface area (Å²) in [6.07, 6.45) is 1.57. The minimum atomic E-state index is 0.567. The van der Waals surface area contributed by atoms with Crippen molar-refractivity contribution in [2.75, 3.05) is 29.1 Å². The summed E-state index contributed by atoms with van der Waals surface area (Å²) in [7, 11) is 1.96. The van der Waals surface area contributed by atoms with E-state index in [2.05, 4.69) is 46.9 Å². The Hall–Kier alpha value is -3.08. The molecule has 3 rings (SSSR count). The molecule has 0 aliphatic carbocycles. The van der Waals surface area contributed by atoms with Gasteiger partial charge in [0.05, 0.1) is 0 Å². The highest BCUT2D eigenvalue weighted by molar-refractivity contribution is 5.82. The molecule has 2 N–H and O–H groups in total. The highest BCUT2D eigenvalue weighted by Gasteiger charge is 2.18. The number of hydrogen-bond acceptors (Lipinski definition) is 5. The van der Waals surface area contributed by atoms with Crippen LogP contribution in [0.15, 0.2) is 60.9 Å². The molecule has 25 heavy (non-hydrogen) atoms. The number of hydrogen-bond donors (Lipinski definition) is 1. The molecule has 0 saturated carbocycles. The zero-order valence-corrected chi connectivity index (χ0v) is 14.8. The van der Waals surface area contributed by atoms with Gasteiger partial charge in [-0.2, -0.15) is 0 Å². The van der Waals surface area contributed by atoms with Crippen molar-refractivity contribution in [2.24, 2.45) is 0 Å². The summed E-state index contributed by atoms with van der Waals surface area (Å²) in [5, 5.41) is 0. The molecule has 5 nitrogen and oxygen atoms in total. The van der Waals surface area contributed by atoms with Crippen LogP contribution in [0.4, 0.5) is 28.7 Å². The predicted molar refractivity (Wildman–Crippen MR) is 105 cm³/mol. The van der Waals surface area contributed by atoms with Gasteiger partial charge in [0.1, 0.15) is 12.0 Å². The zero-order chi connectivity index (χ0) is 17.8. The summed E-state index contributed by atoms with van der Waals surface area (Å²) >= 11 is 0. The fraction of sp³-hybridized carbons (Fsp3) is 0.200. The first-order valence-electron chi connectivity index (χ1n) is 8.35. The van der Waals surface area contributed by atoms with Gasteiger partial charge in [-0.15, -0.1) is 0 Å². The second kappa shape index (κ2) is 7.21. The smallest absolute Gasteiger partial charge is 0.161 e. The summed E-state index contributed by atoms with van der Waals surface area (Å²) in [6.45, 7) is 4.93. The molecule has 0 aliphatic rings. The van der Waals surface area contributed by atoms with E-state index in [0.29, 0.717) is 11.5 Å². The van der Waals surface area contributed by atoms with Gasteiger partial charge in [-0.25, -0.2) is 9.97 Å². The number of benzene rings is 2. The molecule has 0 atom stereocenters. The molecule has 0 bridgehead atoms. The van der Waals surface area contributed by atoms with Crippen molar-refractivity contribution in [3.8, 4) is 0 Å². The van der Waals surface area contributed by atoms with Crippen molar-refractivity contribution in [1.29, 1.82) is 0 Å². The zero-order valence-electron chi connectivity index (χ0n) is 14.8. The number of nitrogens with zero attached hydrogens (tertiary/aromatic N) is 4. The van der Waals surface area contributed by atoms with E-state index in [1.807, 2.05) is 48.3 Å². The maximum Gasteiger partial charge on any atom is 0.161 e. The third-order valence-corrected chi connectivity index (χ3v) is 4.19. The Labute approximate surface area is 148 Å². The van der Waals surface area contributed by atoms with Crippen LogP contribution in [-0.2, 0) is 0 Å². The minimum Gasteiger partial charge on any atom is -0.393 e.